The summed E-state index contributed by atoms with van der Waals surface area (Å²) in [5, 5.41) is 19.5. The number of carbonyl (C=O) groups is 1. The largest absolute Gasteiger partial charge is 0.396 e. The summed E-state index contributed by atoms with van der Waals surface area (Å²) in [5.74, 6) is -0.896. The number of aliphatic hydroxyl groups is 1. The minimum absolute atomic E-state index is 0.157. The molecular formula is C23H24Cl2N2O2. The lowest BCUT2D eigenvalue weighted by Gasteiger charge is -2.25. The average Bonchev–Trinajstić information content (AvgIpc) is 3.57. The predicted octanol–water partition coefficient (Wildman–Crippen LogP) is 4.79. The van der Waals surface area contributed by atoms with Gasteiger partial charge < -0.3 is 10.0 Å². The topological polar surface area (TPSA) is 64.3 Å². The van der Waals surface area contributed by atoms with Gasteiger partial charge in [-0.3, -0.25) is 4.79 Å². The Morgan fingerprint density at radius 3 is 2.48 bits per heavy atom. The van der Waals surface area contributed by atoms with Gasteiger partial charge in [-0.05, 0) is 54.9 Å². The fourth-order valence-electron chi connectivity index (χ4n) is 3.38. The number of aliphatic hydroxyl groups excluding tert-OH is 1. The zero-order valence-corrected chi connectivity index (χ0v) is 17.7. The maximum absolute atomic E-state index is 13.2. The van der Waals surface area contributed by atoms with E-state index in [0.717, 1.165) is 42.4 Å². The van der Waals surface area contributed by atoms with Crippen molar-refractivity contribution >= 4 is 29.1 Å². The maximum atomic E-state index is 13.2. The van der Waals surface area contributed by atoms with Gasteiger partial charge in [0.15, 0.2) is 0 Å². The number of nitriles is 1. The molecule has 152 valence electrons. The van der Waals surface area contributed by atoms with E-state index < -0.39 is 5.92 Å². The van der Waals surface area contributed by atoms with E-state index in [9.17, 15) is 10.1 Å². The van der Waals surface area contributed by atoms with Crippen LogP contribution in [0.3, 0.4) is 0 Å². The summed E-state index contributed by atoms with van der Waals surface area (Å²) >= 11 is 12.4. The molecule has 0 bridgehead atoms. The van der Waals surface area contributed by atoms with Gasteiger partial charge in [0, 0.05) is 19.2 Å². The normalized spacial score (nSPS) is 14.3. The van der Waals surface area contributed by atoms with Gasteiger partial charge in [-0.15, -0.1) is 0 Å². The van der Waals surface area contributed by atoms with E-state index in [4.69, 9.17) is 28.3 Å². The number of benzene rings is 2. The van der Waals surface area contributed by atoms with Gasteiger partial charge >= 0.3 is 0 Å². The summed E-state index contributed by atoms with van der Waals surface area (Å²) in [6, 6.07) is 15.7. The summed E-state index contributed by atoms with van der Waals surface area (Å²) in [6.07, 6.45) is 3.81. The van der Waals surface area contributed by atoms with Crippen LogP contribution in [0, 0.1) is 17.2 Å². The Bertz CT molecular complexity index is 889. The fourth-order valence-corrected chi connectivity index (χ4v) is 3.76. The molecule has 0 saturated heterocycles. The van der Waals surface area contributed by atoms with Crippen molar-refractivity contribution in [2.24, 2.45) is 5.92 Å². The van der Waals surface area contributed by atoms with Crippen molar-refractivity contribution in [3.63, 3.8) is 0 Å². The Hall–Kier alpha value is -2.06. The van der Waals surface area contributed by atoms with Crippen molar-refractivity contribution in [2.45, 2.75) is 44.7 Å². The van der Waals surface area contributed by atoms with Gasteiger partial charge in [0.1, 0.15) is 5.92 Å². The van der Waals surface area contributed by atoms with E-state index in [1.54, 1.807) is 11.0 Å². The smallest absolute Gasteiger partial charge is 0.240 e. The van der Waals surface area contributed by atoms with E-state index >= 15 is 0 Å². The van der Waals surface area contributed by atoms with Gasteiger partial charge in [-0.25, -0.2) is 0 Å². The van der Waals surface area contributed by atoms with Crippen molar-refractivity contribution in [3.8, 4) is 6.07 Å². The summed E-state index contributed by atoms with van der Waals surface area (Å²) < 4.78 is 0. The van der Waals surface area contributed by atoms with Gasteiger partial charge in [0.25, 0.3) is 0 Å². The lowest BCUT2D eigenvalue weighted by molar-refractivity contribution is -0.135. The number of halogens is 2. The molecule has 29 heavy (non-hydrogen) atoms. The lowest BCUT2D eigenvalue weighted by atomic mass is 9.97. The second-order valence-electron chi connectivity index (χ2n) is 7.44. The first-order chi connectivity index (χ1) is 14.0. The highest BCUT2D eigenvalue weighted by Crippen LogP contribution is 2.33. The second-order valence-corrected chi connectivity index (χ2v) is 8.22. The number of carbonyl (C=O) groups excluding carboxylic acids is 1. The Morgan fingerprint density at radius 2 is 1.86 bits per heavy atom. The second kappa shape index (κ2) is 10.1. The van der Waals surface area contributed by atoms with E-state index in [-0.39, 0.29) is 18.6 Å². The Kier molecular flexibility index (Phi) is 7.55. The van der Waals surface area contributed by atoms with Gasteiger partial charge in [0.2, 0.25) is 5.91 Å². The van der Waals surface area contributed by atoms with Crippen LogP contribution in [0.15, 0.2) is 42.5 Å². The molecule has 3 rings (SSSR count). The summed E-state index contributed by atoms with van der Waals surface area (Å²) in [5.41, 5.74) is 2.89. The van der Waals surface area contributed by atoms with E-state index in [1.807, 2.05) is 36.4 Å². The molecule has 1 amide bonds. The SMILES string of the molecule is N#CC(Cc1ccc(CCCO)cc1)C(=O)N(Cc1cccc(Cl)c1Cl)C1CC1. The first kappa shape index (κ1) is 21.6. The molecule has 1 unspecified atom stereocenters. The number of hydrogen-bond acceptors (Lipinski definition) is 3. The molecular weight excluding hydrogens is 407 g/mol. The number of amides is 1. The van der Waals surface area contributed by atoms with Crippen LogP contribution in [0.2, 0.25) is 10.0 Å². The molecule has 0 spiro atoms. The van der Waals surface area contributed by atoms with Crippen molar-refractivity contribution in [2.75, 3.05) is 6.61 Å². The van der Waals surface area contributed by atoms with Crippen LogP contribution in [0.1, 0.15) is 36.0 Å². The van der Waals surface area contributed by atoms with Gasteiger partial charge in [-0.1, -0.05) is 59.6 Å². The molecule has 1 saturated carbocycles. The van der Waals surface area contributed by atoms with E-state index in [2.05, 4.69) is 6.07 Å². The monoisotopic (exact) mass is 430 g/mol. The zero-order valence-electron chi connectivity index (χ0n) is 16.2. The summed E-state index contributed by atoms with van der Waals surface area (Å²) in [7, 11) is 0. The van der Waals surface area contributed by atoms with Crippen molar-refractivity contribution in [1.29, 1.82) is 5.26 Å². The Morgan fingerprint density at radius 1 is 1.17 bits per heavy atom. The predicted molar refractivity (Wildman–Crippen MR) is 115 cm³/mol. The molecule has 1 fully saturated rings. The molecule has 1 aliphatic rings. The molecule has 0 radical (unpaired) electrons. The molecule has 0 aliphatic heterocycles. The van der Waals surface area contributed by atoms with Gasteiger partial charge in [0.05, 0.1) is 16.1 Å². The molecule has 1 atom stereocenters. The molecule has 2 aromatic rings. The van der Waals surface area contributed by atoms with Crippen molar-refractivity contribution in [1.82, 2.24) is 4.90 Å². The quantitative estimate of drug-likeness (QED) is 0.621. The van der Waals surface area contributed by atoms with Crippen LogP contribution < -0.4 is 0 Å². The van der Waals surface area contributed by atoms with Gasteiger partial charge in [-0.2, -0.15) is 5.26 Å². The van der Waals surface area contributed by atoms with Crippen molar-refractivity contribution < 1.29 is 9.90 Å². The number of aryl methyl sites for hydroxylation is 1. The summed E-state index contributed by atoms with van der Waals surface area (Å²) in [4.78, 5) is 14.9. The third-order valence-electron chi connectivity index (χ3n) is 5.18. The van der Waals surface area contributed by atoms with E-state index in [0.29, 0.717) is 23.0 Å². The first-order valence-corrected chi connectivity index (χ1v) is 10.6. The highest BCUT2D eigenvalue weighted by Gasteiger charge is 2.36. The molecule has 1 aliphatic carbocycles. The third-order valence-corrected chi connectivity index (χ3v) is 6.04. The Balaban J connectivity index is 1.71. The van der Waals surface area contributed by atoms with Crippen LogP contribution in [0.5, 0.6) is 0 Å². The molecule has 0 aromatic heterocycles. The van der Waals surface area contributed by atoms with Crippen LogP contribution in [-0.4, -0.2) is 28.6 Å². The van der Waals surface area contributed by atoms with Crippen LogP contribution >= 0.6 is 23.2 Å². The lowest BCUT2D eigenvalue weighted by Crippen LogP contribution is -2.37. The molecule has 0 heterocycles. The molecule has 4 nitrogen and oxygen atoms in total. The number of nitrogens with zero attached hydrogens (tertiary/aromatic N) is 2. The minimum Gasteiger partial charge on any atom is -0.396 e. The number of hydrogen-bond donors (Lipinski definition) is 1. The average molecular weight is 431 g/mol. The van der Waals surface area contributed by atoms with Crippen LogP contribution in [-0.2, 0) is 24.2 Å². The molecule has 1 N–H and O–H groups in total. The van der Waals surface area contributed by atoms with E-state index in [1.165, 1.54) is 0 Å². The first-order valence-electron chi connectivity index (χ1n) is 9.85. The standard InChI is InChI=1S/C23H24Cl2N2O2/c24-21-5-1-4-18(22(21)25)15-27(20-10-11-20)23(29)19(14-26)13-17-8-6-16(7-9-17)3-2-12-28/h1,4-9,19-20,28H,2-3,10-13,15H2. The van der Waals surface area contributed by atoms with Crippen molar-refractivity contribution in [3.05, 3.63) is 69.2 Å². The summed E-state index contributed by atoms with van der Waals surface area (Å²) in [6.45, 7) is 0.529. The zero-order chi connectivity index (χ0) is 20.8. The third kappa shape index (κ3) is 5.73. The fraction of sp³-hybridized carbons (Fsp3) is 0.391. The highest BCUT2D eigenvalue weighted by atomic mass is 35.5. The van der Waals surface area contributed by atoms with Crippen LogP contribution in [0.25, 0.3) is 0 Å². The maximum Gasteiger partial charge on any atom is 0.240 e. The molecule has 6 heteroatoms. The minimum atomic E-state index is -0.739. The van der Waals surface area contributed by atoms with Crippen LogP contribution in [0.4, 0.5) is 0 Å². The molecule has 2 aromatic carbocycles. The number of rotatable bonds is 9. The highest BCUT2D eigenvalue weighted by molar-refractivity contribution is 6.42. The Labute approximate surface area is 181 Å².